The molecular formula is C12H18N4S. The standard InChI is InChI=1S/C12H18N4S/c13-10-14-11(16-17-10)15-12-4-7-1-8(5-12)3-9(2-7)6-12/h7-9H,1-6H2,(H3,13,14,15,16). The number of hydrogen-bond acceptors (Lipinski definition) is 5. The van der Waals surface area contributed by atoms with Crippen molar-refractivity contribution >= 4 is 22.6 Å². The monoisotopic (exact) mass is 250 g/mol. The zero-order valence-corrected chi connectivity index (χ0v) is 10.7. The van der Waals surface area contributed by atoms with Crippen LogP contribution in [0.2, 0.25) is 0 Å². The maximum absolute atomic E-state index is 5.65. The van der Waals surface area contributed by atoms with E-state index in [1.807, 2.05) is 0 Å². The Labute approximate surface area is 105 Å². The second-order valence-electron chi connectivity index (χ2n) is 6.28. The van der Waals surface area contributed by atoms with Crippen molar-refractivity contribution in [1.29, 1.82) is 0 Å². The van der Waals surface area contributed by atoms with Gasteiger partial charge >= 0.3 is 0 Å². The third kappa shape index (κ3) is 1.63. The lowest BCUT2D eigenvalue weighted by atomic mass is 9.53. The van der Waals surface area contributed by atoms with Crippen LogP contribution < -0.4 is 11.1 Å². The second kappa shape index (κ2) is 3.34. The SMILES string of the molecule is Nc1nc(NC23CC4CC(CC(C4)C2)C3)ns1. The van der Waals surface area contributed by atoms with Gasteiger partial charge in [0, 0.05) is 17.1 Å². The molecule has 4 nitrogen and oxygen atoms in total. The Hall–Kier alpha value is -0.840. The average Bonchev–Trinajstić information content (AvgIpc) is 2.60. The van der Waals surface area contributed by atoms with E-state index in [1.165, 1.54) is 50.1 Å². The van der Waals surface area contributed by atoms with Crippen LogP contribution in [0.25, 0.3) is 0 Å². The molecule has 0 saturated heterocycles. The van der Waals surface area contributed by atoms with E-state index in [0.717, 1.165) is 23.7 Å². The molecule has 0 unspecified atom stereocenters. The van der Waals surface area contributed by atoms with Gasteiger partial charge in [0.25, 0.3) is 0 Å². The van der Waals surface area contributed by atoms with Gasteiger partial charge < -0.3 is 11.1 Å². The number of anilines is 2. The Balaban J connectivity index is 1.60. The first-order valence-electron chi connectivity index (χ1n) is 6.58. The molecule has 1 aromatic rings. The van der Waals surface area contributed by atoms with E-state index in [9.17, 15) is 0 Å². The van der Waals surface area contributed by atoms with Gasteiger partial charge in [-0.3, -0.25) is 0 Å². The van der Waals surface area contributed by atoms with Crippen molar-refractivity contribution in [1.82, 2.24) is 9.36 Å². The maximum Gasteiger partial charge on any atom is 0.236 e. The molecule has 4 bridgehead atoms. The summed E-state index contributed by atoms with van der Waals surface area (Å²) in [5.74, 6) is 3.61. The molecular weight excluding hydrogens is 232 g/mol. The van der Waals surface area contributed by atoms with Crippen LogP contribution in [0.4, 0.5) is 11.1 Å². The molecule has 92 valence electrons. The lowest BCUT2D eigenvalue weighted by Crippen LogP contribution is -2.54. The van der Waals surface area contributed by atoms with Crippen molar-refractivity contribution in [2.24, 2.45) is 17.8 Å². The first-order valence-corrected chi connectivity index (χ1v) is 7.35. The number of rotatable bonds is 2. The predicted octanol–water partition coefficient (Wildman–Crippen LogP) is 2.50. The van der Waals surface area contributed by atoms with Crippen LogP contribution in [0.5, 0.6) is 0 Å². The first-order chi connectivity index (χ1) is 8.21. The highest BCUT2D eigenvalue weighted by molar-refractivity contribution is 7.09. The Morgan fingerprint density at radius 2 is 1.71 bits per heavy atom. The molecule has 4 saturated carbocycles. The number of nitrogen functional groups attached to an aromatic ring is 1. The molecule has 0 aromatic carbocycles. The van der Waals surface area contributed by atoms with Gasteiger partial charge in [-0.15, -0.1) is 0 Å². The molecule has 0 atom stereocenters. The Morgan fingerprint density at radius 3 is 2.18 bits per heavy atom. The smallest absolute Gasteiger partial charge is 0.236 e. The van der Waals surface area contributed by atoms with Crippen molar-refractivity contribution in [2.75, 3.05) is 11.1 Å². The molecule has 3 N–H and O–H groups in total. The van der Waals surface area contributed by atoms with Gasteiger partial charge in [-0.25, -0.2) is 0 Å². The number of aromatic nitrogens is 2. The van der Waals surface area contributed by atoms with Crippen molar-refractivity contribution < 1.29 is 0 Å². The first kappa shape index (κ1) is 10.1. The zero-order valence-electron chi connectivity index (χ0n) is 9.85. The Morgan fingerprint density at radius 1 is 1.12 bits per heavy atom. The van der Waals surface area contributed by atoms with E-state index < -0.39 is 0 Å². The topological polar surface area (TPSA) is 63.8 Å². The summed E-state index contributed by atoms with van der Waals surface area (Å²) in [5, 5.41) is 4.18. The van der Waals surface area contributed by atoms with Crippen molar-refractivity contribution in [3.8, 4) is 0 Å². The molecule has 5 heteroatoms. The van der Waals surface area contributed by atoms with Crippen LogP contribution in [0.3, 0.4) is 0 Å². The zero-order chi connectivity index (χ0) is 11.5. The molecule has 4 aliphatic rings. The fourth-order valence-corrected chi connectivity index (χ4v) is 5.18. The lowest BCUT2D eigenvalue weighted by Gasteiger charge is -2.56. The van der Waals surface area contributed by atoms with Crippen LogP contribution in [-0.4, -0.2) is 14.9 Å². The average molecular weight is 250 g/mol. The van der Waals surface area contributed by atoms with Crippen molar-refractivity contribution in [2.45, 2.75) is 44.1 Å². The van der Waals surface area contributed by atoms with Gasteiger partial charge in [0.2, 0.25) is 11.1 Å². The molecule has 4 fully saturated rings. The second-order valence-corrected chi connectivity index (χ2v) is 7.06. The van der Waals surface area contributed by atoms with Crippen molar-refractivity contribution in [3.63, 3.8) is 0 Å². The van der Waals surface area contributed by atoms with Crippen LogP contribution in [0.1, 0.15) is 38.5 Å². The fraction of sp³-hybridized carbons (Fsp3) is 0.833. The predicted molar refractivity (Wildman–Crippen MR) is 68.8 cm³/mol. The van der Waals surface area contributed by atoms with Gasteiger partial charge in [0.1, 0.15) is 0 Å². The van der Waals surface area contributed by atoms with Crippen molar-refractivity contribution in [3.05, 3.63) is 0 Å². The molecule has 0 spiro atoms. The van der Waals surface area contributed by atoms with E-state index in [4.69, 9.17) is 5.73 Å². The summed E-state index contributed by atoms with van der Waals surface area (Å²) >= 11 is 1.29. The molecule has 1 aromatic heterocycles. The molecule has 17 heavy (non-hydrogen) atoms. The molecule has 1 heterocycles. The van der Waals surface area contributed by atoms with E-state index in [0.29, 0.717) is 10.7 Å². The fourth-order valence-electron chi connectivity index (χ4n) is 4.79. The minimum Gasteiger partial charge on any atom is -0.374 e. The summed E-state index contributed by atoms with van der Waals surface area (Å²) in [4.78, 5) is 4.26. The van der Waals surface area contributed by atoms with Gasteiger partial charge in [-0.05, 0) is 56.3 Å². The minimum atomic E-state index is 0.294. The Bertz CT molecular complexity index is 406. The molecule has 0 aliphatic heterocycles. The summed E-state index contributed by atoms with van der Waals surface area (Å²) < 4.78 is 4.29. The van der Waals surface area contributed by atoms with E-state index in [2.05, 4.69) is 14.7 Å². The summed E-state index contributed by atoms with van der Waals surface area (Å²) in [5.41, 5.74) is 5.94. The quantitative estimate of drug-likeness (QED) is 0.846. The van der Waals surface area contributed by atoms with E-state index >= 15 is 0 Å². The largest absolute Gasteiger partial charge is 0.374 e. The number of nitrogens with one attached hydrogen (secondary N) is 1. The Kier molecular flexibility index (Phi) is 1.99. The summed E-state index contributed by atoms with van der Waals surface area (Å²) in [6.45, 7) is 0. The third-order valence-corrected chi connectivity index (χ3v) is 5.40. The number of hydrogen-bond donors (Lipinski definition) is 2. The number of nitrogens with two attached hydrogens (primary N) is 1. The van der Waals surface area contributed by atoms with Crippen LogP contribution >= 0.6 is 11.5 Å². The van der Waals surface area contributed by atoms with E-state index in [-0.39, 0.29) is 0 Å². The molecule has 0 radical (unpaired) electrons. The van der Waals surface area contributed by atoms with Crippen LogP contribution in [-0.2, 0) is 0 Å². The highest BCUT2D eigenvalue weighted by Crippen LogP contribution is 2.56. The molecule has 0 amide bonds. The third-order valence-electron chi connectivity index (χ3n) is 4.86. The van der Waals surface area contributed by atoms with Crippen LogP contribution in [0.15, 0.2) is 0 Å². The van der Waals surface area contributed by atoms with Crippen LogP contribution in [0, 0.1) is 17.8 Å². The van der Waals surface area contributed by atoms with Gasteiger partial charge in [0.05, 0.1) is 0 Å². The van der Waals surface area contributed by atoms with Gasteiger partial charge in [0.15, 0.2) is 0 Å². The lowest BCUT2D eigenvalue weighted by molar-refractivity contribution is 0.0104. The molecule has 5 rings (SSSR count). The summed E-state index contributed by atoms with van der Waals surface area (Å²) in [7, 11) is 0. The number of nitrogens with zero attached hydrogens (tertiary/aromatic N) is 2. The minimum absolute atomic E-state index is 0.294. The highest BCUT2D eigenvalue weighted by Gasteiger charge is 2.51. The van der Waals surface area contributed by atoms with Gasteiger partial charge in [-0.2, -0.15) is 9.36 Å². The maximum atomic E-state index is 5.65. The summed E-state index contributed by atoms with van der Waals surface area (Å²) in [6.07, 6.45) is 8.35. The van der Waals surface area contributed by atoms with Gasteiger partial charge in [-0.1, -0.05) is 0 Å². The molecule has 4 aliphatic carbocycles. The normalized spacial score (nSPS) is 42.9. The van der Waals surface area contributed by atoms with E-state index in [1.54, 1.807) is 0 Å². The highest BCUT2D eigenvalue weighted by atomic mass is 32.1. The summed E-state index contributed by atoms with van der Waals surface area (Å²) in [6, 6.07) is 0.